The monoisotopic (exact) mass is 401 g/mol. The van der Waals surface area contributed by atoms with E-state index in [1.54, 1.807) is 11.8 Å². The second-order valence-electron chi connectivity index (χ2n) is 5.84. The third-order valence-electron chi connectivity index (χ3n) is 4.03. The smallest absolute Gasteiger partial charge is 0.409 e. The van der Waals surface area contributed by atoms with Gasteiger partial charge in [-0.2, -0.15) is 0 Å². The maximum absolute atomic E-state index is 13.6. The Balaban J connectivity index is 1.85. The minimum absolute atomic E-state index is 0.261. The van der Waals surface area contributed by atoms with Crippen LogP contribution in [-0.2, 0) is 9.53 Å². The molecule has 1 fully saturated rings. The van der Waals surface area contributed by atoms with Crippen LogP contribution in [0.15, 0.2) is 17.1 Å². The number of guanidine groups is 1. The standard InChI is InChI=1S/C17H22F3N5O3/c1-3-28-17(27)25-8-6-24(7-9-25)16(21-2)22-10-13(26)23-12-5-4-11(18)14(19)15(12)20/h4-5H,3,6-10H2,1-2H3,(H,21,22)(H,23,26). The van der Waals surface area contributed by atoms with Crippen LogP contribution in [0, 0.1) is 17.5 Å². The minimum Gasteiger partial charge on any atom is -0.450 e. The van der Waals surface area contributed by atoms with Crippen LogP contribution < -0.4 is 10.6 Å². The third kappa shape index (κ3) is 5.27. The number of amides is 2. The number of benzene rings is 1. The van der Waals surface area contributed by atoms with Gasteiger partial charge < -0.3 is 25.2 Å². The zero-order chi connectivity index (χ0) is 20.7. The van der Waals surface area contributed by atoms with Crippen molar-refractivity contribution < 1.29 is 27.5 Å². The predicted molar refractivity (Wildman–Crippen MR) is 96.5 cm³/mol. The number of halogens is 3. The van der Waals surface area contributed by atoms with Crippen LogP contribution >= 0.6 is 0 Å². The highest BCUT2D eigenvalue weighted by molar-refractivity contribution is 5.95. The van der Waals surface area contributed by atoms with Gasteiger partial charge in [-0.05, 0) is 19.1 Å². The number of carbonyl (C=O) groups excluding carboxylic acids is 2. The molecule has 154 valence electrons. The fraction of sp³-hybridized carbons (Fsp3) is 0.471. The van der Waals surface area contributed by atoms with E-state index in [0.29, 0.717) is 38.7 Å². The number of carbonyl (C=O) groups is 2. The van der Waals surface area contributed by atoms with E-state index in [-0.39, 0.29) is 12.6 Å². The van der Waals surface area contributed by atoms with Crippen LogP contribution in [0.1, 0.15) is 6.92 Å². The molecule has 2 rings (SSSR count). The molecule has 0 atom stereocenters. The van der Waals surface area contributed by atoms with Gasteiger partial charge in [0.25, 0.3) is 0 Å². The summed E-state index contributed by atoms with van der Waals surface area (Å²) in [6.07, 6.45) is -0.377. The number of rotatable bonds is 4. The minimum atomic E-state index is -1.65. The third-order valence-corrected chi connectivity index (χ3v) is 4.03. The Morgan fingerprint density at radius 3 is 2.36 bits per heavy atom. The lowest BCUT2D eigenvalue weighted by atomic mass is 10.2. The molecule has 1 heterocycles. The summed E-state index contributed by atoms with van der Waals surface area (Å²) in [5, 5.41) is 4.98. The molecular formula is C17H22F3N5O3. The number of hydrogen-bond acceptors (Lipinski definition) is 4. The van der Waals surface area contributed by atoms with Gasteiger partial charge >= 0.3 is 6.09 Å². The Morgan fingerprint density at radius 2 is 1.75 bits per heavy atom. The summed E-state index contributed by atoms with van der Waals surface area (Å²) in [7, 11) is 1.53. The summed E-state index contributed by atoms with van der Waals surface area (Å²) in [5.74, 6) is -4.69. The molecule has 1 aliphatic rings. The fourth-order valence-electron chi connectivity index (χ4n) is 2.62. The molecule has 0 unspecified atom stereocenters. The van der Waals surface area contributed by atoms with E-state index >= 15 is 0 Å². The molecule has 0 saturated carbocycles. The van der Waals surface area contributed by atoms with E-state index in [0.717, 1.165) is 12.1 Å². The highest BCUT2D eigenvalue weighted by Crippen LogP contribution is 2.19. The topological polar surface area (TPSA) is 86.3 Å². The van der Waals surface area contributed by atoms with E-state index < -0.39 is 29.0 Å². The molecule has 1 aliphatic heterocycles. The average molecular weight is 401 g/mol. The lowest BCUT2D eigenvalue weighted by Gasteiger charge is -2.35. The predicted octanol–water partition coefficient (Wildman–Crippen LogP) is 1.39. The van der Waals surface area contributed by atoms with Gasteiger partial charge in [0, 0.05) is 33.2 Å². The summed E-state index contributed by atoms with van der Waals surface area (Å²) in [4.78, 5) is 31.2. The van der Waals surface area contributed by atoms with E-state index in [1.807, 2.05) is 4.90 Å². The maximum Gasteiger partial charge on any atom is 0.409 e. The van der Waals surface area contributed by atoms with E-state index in [1.165, 1.54) is 7.05 Å². The van der Waals surface area contributed by atoms with Crippen molar-refractivity contribution in [2.45, 2.75) is 6.92 Å². The van der Waals surface area contributed by atoms with Crippen LogP contribution in [0.25, 0.3) is 0 Å². The zero-order valence-corrected chi connectivity index (χ0v) is 15.6. The molecule has 28 heavy (non-hydrogen) atoms. The quantitative estimate of drug-likeness (QED) is 0.453. The first-order valence-electron chi connectivity index (χ1n) is 8.68. The first-order chi connectivity index (χ1) is 13.4. The average Bonchev–Trinajstić information content (AvgIpc) is 2.69. The summed E-state index contributed by atoms with van der Waals surface area (Å²) >= 11 is 0. The first-order valence-corrected chi connectivity index (χ1v) is 8.68. The molecule has 0 radical (unpaired) electrons. The van der Waals surface area contributed by atoms with Crippen LogP contribution in [0.4, 0.5) is 23.7 Å². The van der Waals surface area contributed by atoms with E-state index in [9.17, 15) is 22.8 Å². The van der Waals surface area contributed by atoms with Crippen molar-refractivity contribution in [3.8, 4) is 0 Å². The first kappa shape index (κ1) is 21.3. The zero-order valence-electron chi connectivity index (χ0n) is 15.6. The van der Waals surface area contributed by atoms with Gasteiger partial charge in [0.2, 0.25) is 5.91 Å². The second kappa shape index (κ2) is 9.81. The molecular weight excluding hydrogens is 379 g/mol. The Morgan fingerprint density at radius 1 is 1.11 bits per heavy atom. The summed E-state index contributed by atoms with van der Waals surface area (Å²) in [6.45, 7) is 3.61. The Hall–Kier alpha value is -2.98. The van der Waals surface area contributed by atoms with Crippen LogP contribution in [0.5, 0.6) is 0 Å². The number of hydrogen-bond donors (Lipinski definition) is 2. The summed E-state index contributed by atoms with van der Waals surface area (Å²) in [5.41, 5.74) is -0.455. The van der Waals surface area contributed by atoms with Gasteiger partial charge in [-0.1, -0.05) is 0 Å². The molecule has 0 aromatic heterocycles. The number of anilines is 1. The van der Waals surface area contributed by atoms with E-state index in [4.69, 9.17) is 4.74 Å². The molecule has 8 nitrogen and oxygen atoms in total. The number of nitrogens with zero attached hydrogens (tertiary/aromatic N) is 3. The second-order valence-corrected chi connectivity index (χ2v) is 5.84. The molecule has 0 bridgehead atoms. The lowest BCUT2D eigenvalue weighted by molar-refractivity contribution is -0.115. The van der Waals surface area contributed by atoms with Crippen molar-refractivity contribution in [2.75, 3.05) is 51.7 Å². The largest absolute Gasteiger partial charge is 0.450 e. The molecule has 0 aliphatic carbocycles. The van der Waals surface area contributed by atoms with Gasteiger partial charge in [-0.3, -0.25) is 9.79 Å². The SMILES string of the molecule is CCOC(=O)N1CCN(C(=NC)NCC(=O)Nc2ccc(F)c(F)c2F)CC1. The van der Waals surface area contributed by atoms with Crippen LogP contribution in [-0.4, -0.2) is 74.1 Å². The summed E-state index contributed by atoms with van der Waals surface area (Å²) < 4.78 is 44.7. The number of nitrogens with one attached hydrogen (secondary N) is 2. The Kier molecular flexibility index (Phi) is 7.47. The molecule has 0 spiro atoms. The molecule has 1 saturated heterocycles. The van der Waals surface area contributed by atoms with Crippen molar-refractivity contribution in [1.82, 2.24) is 15.1 Å². The van der Waals surface area contributed by atoms with E-state index in [2.05, 4.69) is 15.6 Å². The number of ether oxygens (including phenoxy) is 1. The maximum atomic E-state index is 13.6. The van der Waals surface area contributed by atoms with Gasteiger partial charge in [-0.25, -0.2) is 18.0 Å². The van der Waals surface area contributed by atoms with Crippen molar-refractivity contribution in [2.24, 2.45) is 4.99 Å². The molecule has 11 heteroatoms. The van der Waals surface area contributed by atoms with Crippen molar-refractivity contribution >= 4 is 23.6 Å². The van der Waals surface area contributed by atoms with Gasteiger partial charge in [0.1, 0.15) is 0 Å². The van der Waals surface area contributed by atoms with Gasteiger partial charge in [-0.15, -0.1) is 0 Å². The molecule has 1 aromatic carbocycles. The Labute approximate surface area is 160 Å². The van der Waals surface area contributed by atoms with Crippen molar-refractivity contribution in [3.05, 3.63) is 29.6 Å². The van der Waals surface area contributed by atoms with Gasteiger partial charge in [0.05, 0.1) is 18.8 Å². The highest BCUT2D eigenvalue weighted by atomic mass is 19.2. The fourth-order valence-corrected chi connectivity index (χ4v) is 2.62. The van der Waals surface area contributed by atoms with Gasteiger partial charge in [0.15, 0.2) is 23.4 Å². The Bertz CT molecular complexity index is 752. The van der Waals surface area contributed by atoms with Crippen molar-refractivity contribution in [3.63, 3.8) is 0 Å². The molecule has 1 aromatic rings. The number of aliphatic imine (C=N–C) groups is 1. The number of piperazine rings is 1. The highest BCUT2D eigenvalue weighted by Gasteiger charge is 2.24. The summed E-state index contributed by atoms with van der Waals surface area (Å²) in [6, 6.07) is 1.67. The molecule has 2 amide bonds. The van der Waals surface area contributed by atoms with Crippen LogP contribution in [0.3, 0.4) is 0 Å². The van der Waals surface area contributed by atoms with Crippen LogP contribution in [0.2, 0.25) is 0 Å². The lowest BCUT2D eigenvalue weighted by Crippen LogP contribution is -2.54. The van der Waals surface area contributed by atoms with Crippen molar-refractivity contribution in [1.29, 1.82) is 0 Å². The normalized spacial score (nSPS) is 14.7. The molecule has 2 N–H and O–H groups in total.